The van der Waals surface area contributed by atoms with Crippen LogP contribution in [0.25, 0.3) is 0 Å². The molecule has 0 atom stereocenters. The summed E-state index contributed by atoms with van der Waals surface area (Å²) in [7, 11) is -3.20. The van der Waals surface area contributed by atoms with Crippen molar-refractivity contribution in [1.82, 2.24) is 0 Å². The fourth-order valence-electron chi connectivity index (χ4n) is 1.49. The molecule has 0 heterocycles. The molecular weight excluding hydrogens is 276 g/mol. The second kappa shape index (κ2) is 5.83. The highest BCUT2D eigenvalue weighted by Crippen LogP contribution is 2.20. The van der Waals surface area contributed by atoms with Gasteiger partial charge in [0.15, 0.2) is 9.84 Å². The lowest BCUT2D eigenvalue weighted by Crippen LogP contribution is -2.32. The van der Waals surface area contributed by atoms with E-state index in [-0.39, 0.29) is 18.2 Å². The number of amidine groups is 1. The van der Waals surface area contributed by atoms with Crippen molar-refractivity contribution in [2.75, 3.05) is 12.4 Å². The summed E-state index contributed by atoms with van der Waals surface area (Å²) in [4.78, 5) is 0. The zero-order valence-electron chi connectivity index (χ0n) is 12.4. The predicted octanol–water partition coefficient (Wildman–Crippen LogP) is 1.87. The van der Waals surface area contributed by atoms with Gasteiger partial charge in [-0.15, -0.1) is 0 Å². The number of nitrogens with one attached hydrogen (secondary N) is 1. The molecule has 0 aliphatic carbocycles. The van der Waals surface area contributed by atoms with Crippen molar-refractivity contribution in [3.05, 3.63) is 29.3 Å². The number of hydrogen-bond donors (Lipinski definition) is 2. The topological polar surface area (TPSA) is 93.2 Å². The molecule has 5 nitrogen and oxygen atoms in total. The molecule has 0 saturated carbocycles. The molecule has 0 spiro atoms. The standard InChI is InChI=1S/C14H22N2O3S/c1-10-5-6-11(13(15)16)9-12(10)19-7-8-20(17,18)14(2,3)4/h5-6,9H,7-8H2,1-4H3,(H3,15,16). The lowest BCUT2D eigenvalue weighted by molar-refractivity contribution is 0.337. The van der Waals surface area contributed by atoms with Gasteiger partial charge in [-0.2, -0.15) is 0 Å². The Morgan fingerprint density at radius 3 is 2.45 bits per heavy atom. The first kappa shape index (κ1) is 16.5. The van der Waals surface area contributed by atoms with Crippen LogP contribution >= 0.6 is 0 Å². The van der Waals surface area contributed by atoms with Crippen molar-refractivity contribution < 1.29 is 13.2 Å². The van der Waals surface area contributed by atoms with Crippen molar-refractivity contribution in [1.29, 1.82) is 5.41 Å². The van der Waals surface area contributed by atoms with Crippen molar-refractivity contribution >= 4 is 15.7 Å². The monoisotopic (exact) mass is 298 g/mol. The van der Waals surface area contributed by atoms with E-state index in [0.29, 0.717) is 11.3 Å². The average molecular weight is 298 g/mol. The van der Waals surface area contributed by atoms with Gasteiger partial charge in [0, 0.05) is 5.56 Å². The van der Waals surface area contributed by atoms with Crippen LogP contribution in [0.4, 0.5) is 0 Å². The molecule has 0 radical (unpaired) electrons. The number of benzene rings is 1. The molecular formula is C14H22N2O3S. The Balaban J connectivity index is 2.77. The molecule has 0 fully saturated rings. The summed E-state index contributed by atoms with van der Waals surface area (Å²) in [6.45, 7) is 6.96. The van der Waals surface area contributed by atoms with Crippen LogP contribution in [-0.4, -0.2) is 31.4 Å². The quantitative estimate of drug-likeness (QED) is 0.641. The van der Waals surface area contributed by atoms with E-state index in [9.17, 15) is 8.42 Å². The molecule has 3 N–H and O–H groups in total. The largest absolute Gasteiger partial charge is 0.492 e. The lowest BCUT2D eigenvalue weighted by atomic mass is 10.1. The van der Waals surface area contributed by atoms with Gasteiger partial charge in [0.1, 0.15) is 18.2 Å². The maximum absolute atomic E-state index is 12.0. The number of hydrogen-bond acceptors (Lipinski definition) is 4. The van der Waals surface area contributed by atoms with Crippen LogP contribution < -0.4 is 10.5 Å². The lowest BCUT2D eigenvalue weighted by Gasteiger charge is -2.19. The minimum Gasteiger partial charge on any atom is -0.492 e. The Kier molecular flexibility index (Phi) is 4.81. The van der Waals surface area contributed by atoms with E-state index in [1.165, 1.54) is 0 Å². The second-order valence-corrected chi connectivity index (χ2v) is 8.54. The molecule has 0 saturated heterocycles. The summed E-state index contributed by atoms with van der Waals surface area (Å²) in [5, 5.41) is 7.39. The van der Waals surface area contributed by atoms with Gasteiger partial charge >= 0.3 is 0 Å². The Labute approximate surface area is 120 Å². The van der Waals surface area contributed by atoms with Gasteiger partial charge in [0.05, 0.1) is 10.5 Å². The van der Waals surface area contributed by atoms with E-state index < -0.39 is 14.6 Å². The molecule has 0 bridgehead atoms. The van der Waals surface area contributed by atoms with Crippen molar-refractivity contribution in [3.8, 4) is 5.75 Å². The molecule has 0 aromatic heterocycles. The summed E-state index contributed by atoms with van der Waals surface area (Å²) < 4.78 is 28.7. The molecule has 0 aliphatic rings. The molecule has 1 aromatic carbocycles. The Morgan fingerprint density at radius 1 is 1.35 bits per heavy atom. The van der Waals surface area contributed by atoms with E-state index in [1.54, 1.807) is 39.0 Å². The van der Waals surface area contributed by atoms with E-state index in [1.807, 2.05) is 6.92 Å². The number of rotatable bonds is 5. The number of aryl methyl sites for hydroxylation is 1. The van der Waals surface area contributed by atoms with E-state index in [0.717, 1.165) is 5.56 Å². The van der Waals surface area contributed by atoms with Crippen molar-refractivity contribution in [3.63, 3.8) is 0 Å². The molecule has 20 heavy (non-hydrogen) atoms. The Bertz CT molecular complexity index is 601. The smallest absolute Gasteiger partial charge is 0.158 e. The summed E-state index contributed by atoms with van der Waals surface area (Å²) in [6, 6.07) is 5.18. The highest BCUT2D eigenvalue weighted by Gasteiger charge is 2.28. The second-order valence-electron chi connectivity index (χ2n) is 5.67. The van der Waals surface area contributed by atoms with Crippen LogP contribution in [0.5, 0.6) is 5.75 Å². The highest BCUT2D eigenvalue weighted by molar-refractivity contribution is 7.92. The van der Waals surface area contributed by atoms with Gasteiger partial charge in [0.2, 0.25) is 0 Å². The van der Waals surface area contributed by atoms with Crippen LogP contribution in [-0.2, 0) is 9.84 Å². The summed E-state index contributed by atoms with van der Waals surface area (Å²) >= 11 is 0. The van der Waals surface area contributed by atoms with Crippen LogP contribution in [0, 0.1) is 12.3 Å². The number of sulfone groups is 1. The third-order valence-corrected chi connectivity index (χ3v) is 5.61. The maximum atomic E-state index is 12.0. The van der Waals surface area contributed by atoms with Crippen LogP contribution in [0.1, 0.15) is 31.9 Å². The van der Waals surface area contributed by atoms with Gasteiger partial charge in [0.25, 0.3) is 0 Å². The van der Waals surface area contributed by atoms with Gasteiger partial charge in [-0.25, -0.2) is 8.42 Å². The number of nitrogens with two attached hydrogens (primary N) is 1. The van der Waals surface area contributed by atoms with Gasteiger partial charge < -0.3 is 10.5 Å². The molecule has 0 unspecified atom stereocenters. The minimum atomic E-state index is -3.20. The zero-order valence-corrected chi connectivity index (χ0v) is 13.2. The van der Waals surface area contributed by atoms with Crippen molar-refractivity contribution in [2.45, 2.75) is 32.4 Å². The molecule has 112 valence electrons. The highest BCUT2D eigenvalue weighted by atomic mass is 32.2. The third kappa shape index (κ3) is 3.96. The summed E-state index contributed by atoms with van der Waals surface area (Å²) in [6.07, 6.45) is 0. The molecule has 0 amide bonds. The third-order valence-electron chi connectivity index (χ3n) is 3.04. The fourth-order valence-corrected chi connectivity index (χ4v) is 2.41. The van der Waals surface area contributed by atoms with Crippen LogP contribution in [0.3, 0.4) is 0 Å². The SMILES string of the molecule is Cc1ccc(C(=N)N)cc1OCCS(=O)(=O)C(C)(C)C. The molecule has 0 aliphatic heterocycles. The van der Waals surface area contributed by atoms with Crippen molar-refractivity contribution in [2.24, 2.45) is 5.73 Å². The average Bonchev–Trinajstić information content (AvgIpc) is 2.29. The van der Waals surface area contributed by atoms with Gasteiger partial charge in [-0.3, -0.25) is 5.41 Å². The predicted molar refractivity (Wildman–Crippen MR) is 81.2 cm³/mol. The normalized spacial score (nSPS) is 12.2. The number of ether oxygens (including phenoxy) is 1. The molecule has 6 heteroatoms. The Hall–Kier alpha value is -1.56. The summed E-state index contributed by atoms with van der Waals surface area (Å²) in [5.74, 6) is 0.472. The first-order valence-corrected chi connectivity index (χ1v) is 8.00. The van der Waals surface area contributed by atoms with E-state index in [2.05, 4.69) is 0 Å². The molecule has 1 aromatic rings. The first-order chi connectivity index (χ1) is 9.04. The maximum Gasteiger partial charge on any atom is 0.158 e. The summed E-state index contributed by atoms with van der Waals surface area (Å²) in [5.41, 5.74) is 6.86. The van der Waals surface area contributed by atoms with E-state index in [4.69, 9.17) is 15.9 Å². The minimum absolute atomic E-state index is 0.0414. The number of nitrogen functional groups attached to an aromatic ring is 1. The first-order valence-electron chi connectivity index (χ1n) is 6.35. The van der Waals surface area contributed by atoms with Gasteiger partial charge in [-0.1, -0.05) is 12.1 Å². The zero-order chi connectivity index (χ0) is 15.6. The van der Waals surface area contributed by atoms with E-state index >= 15 is 0 Å². The molecule has 1 rings (SSSR count). The van der Waals surface area contributed by atoms with Crippen LogP contribution in [0.15, 0.2) is 18.2 Å². The van der Waals surface area contributed by atoms with Gasteiger partial charge in [-0.05, 0) is 39.3 Å². The fraction of sp³-hybridized carbons (Fsp3) is 0.500. The van der Waals surface area contributed by atoms with Crippen LogP contribution in [0.2, 0.25) is 0 Å². The Morgan fingerprint density at radius 2 is 1.95 bits per heavy atom.